The van der Waals surface area contributed by atoms with Crippen LogP contribution in [0, 0.1) is 5.92 Å². The van der Waals surface area contributed by atoms with E-state index in [1.807, 2.05) is 0 Å². The fourth-order valence-corrected chi connectivity index (χ4v) is 4.35. The van der Waals surface area contributed by atoms with Crippen LogP contribution in [0.5, 0.6) is 0 Å². The van der Waals surface area contributed by atoms with Gasteiger partial charge < -0.3 is 10.0 Å². The monoisotopic (exact) mass is 344 g/mol. The molecule has 1 spiro atoms. The number of carbonyl (C=O) groups is 2. The molecule has 1 N–H and O–H groups in total. The molecule has 25 heavy (non-hydrogen) atoms. The van der Waals surface area contributed by atoms with Crippen LogP contribution in [0.15, 0.2) is 24.3 Å². The lowest BCUT2D eigenvalue weighted by molar-refractivity contribution is -0.146. The average Bonchev–Trinajstić information content (AvgIpc) is 2.83. The third-order valence-corrected chi connectivity index (χ3v) is 6.14. The van der Waals surface area contributed by atoms with Gasteiger partial charge in [0.15, 0.2) is 0 Å². The first kappa shape index (κ1) is 17.9. The highest BCUT2D eigenvalue weighted by molar-refractivity contribution is 5.88. The molecule has 136 valence electrons. The minimum Gasteiger partial charge on any atom is -0.481 e. The van der Waals surface area contributed by atoms with Gasteiger partial charge in [0, 0.05) is 33.1 Å². The van der Waals surface area contributed by atoms with Crippen molar-refractivity contribution in [2.75, 3.05) is 20.1 Å². The van der Waals surface area contributed by atoms with Crippen LogP contribution in [0.2, 0.25) is 0 Å². The Morgan fingerprint density at radius 1 is 1.24 bits per heavy atom. The van der Waals surface area contributed by atoms with E-state index in [4.69, 9.17) is 0 Å². The summed E-state index contributed by atoms with van der Waals surface area (Å²) in [6, 6.07) is 8.75. The second kappa shape index (κ2) is 6.79. The van der Waals surface area contributed by atoms with Crippen molar-refractivity contribution in [1.29, 1.82) is 0 Å². The largest absolute Gasteiger partial charge is 0.481 e. The number of hydrogen-bond acceptors (Lipinski definition) is 3. The van der Waals surface area contributed by atoms with Crippen molar-refractivity contribution in [2.24, 2.45) is 5.92 Å². The number of carboxylic acids is 1. The van der Waals surface area contributed by atoms with Crippen molar-refractivity contribution < 1.29 is 14.7 Å². The first-order valence-corrected chi connectivity index (χ1v) is 9.14. The Hall–Kier alpha value is -1.88. The molecule has 5 heteroatoms. The van der Waals surface area contributed by atoms with Crippen LogP contribution in [0.25, 0.3) is 0 Å². The molecule has 1 aromatic carbocycles. The van der Waals surface area contributed by atoms with E-state index in [0.29, 0.717) is 5.92 Å². The molecule has 3 rings (SSSR count). The lowest BCUT2D eigenvalue weighted by atomic mass is 9.77. The van der Waals surface area contributed by atoms with E-state index in [0.717, 1.165) is 32.5 Å². The number of hydrogen-bond donors (Lipinski definition) is 1. The molecule has 0 aromatic heterocycles. The standard InChI is InChI=1S/C20H28N2O3/c1-14(2)16-6-4-15(5-7-16)13-22-10-8-20(9-11-22)17(19(24)25)12-18(23)21(20)3/h4-7,14,17H,8-13H2,1-3H3,(H,24,25)/t17-/m0/s1. The molecule has 1 aromatic rings. The summed E-state index contributed by atoms with van der Waals surface area (Å²) in [4.78, 5) is 27.8. The van der Waals surface area contributed by atoms with E-state index in [-0.39, 0.29) is 12.3 Å². The summed E-state index contributed by atoms with van der Waals surface area (Å²) in [5.74, 6) is -0.912. The number of benzene rings is 1. The summed E-state index contributed by atoms with van der Waals surface area (Å²) in [6.45, 7) is 6.92. The zero-order valence-corrected chi connectivity index (χ0v) is 15.4. The van der Waals surface area contributed by atoms with Gasteiger partial charge >= 0.3 is 5.97 Å². The Labute approximate surface area is 149 Å². The van der Waals surface area contributed by atoms with Crippen molar-refractivity contribution in [1.82, 2.24) is 9.80 Å². The molecule has 0 unspecified atom stereocenters. The zero-order valence-electron chi connectivity index (χ0n) is 15.4. The van der Waals surface area contributed by atoms with Crippen molar-refractivity contribution >= 4 is 11.9 Å². The second-order valence-corrected chi connectivity index (χ2v) is 7.82. The number of aliphatic carboxylic acids is 1. The Balaban J connectivity index is 1.65. The van der Waals surface area contributed by atoms with Crippen LogP contribution in [0.4, 0.5) is 0 Å². The van der Waals surface area contributed by atoms with E-state index < -0.39 is 17.4 Å². The molecule has 1 atom stereocenters. The highest BCUT2D eigenvalue weighted by Gasteiger charge is 2.55. The van der Waals surface area contributed by atoms with E-state index in [1.54, 1.807) is 11.9 Å². The second-order valence-electron chi connectivity index (χ2n) is 7.82. The molecule has 0 aliphatic carbocycles. The number of likely N-dealkylation sites (tertiary alicyclic amines) is 2. The van der Waals surface area contributed by atoms with Gasteiger partial charge in [0.25, 0.3) is 0 Å². The van der Waals surface area contributed by atoms with Gasteiger partial charge in [0.2, 0.25) is 5.91 Å². The Bertz CT molecular complexity index is 645. The maximum absolute atomic E-state index is 12.1. The van der Waals surface area contributed by atoms with Crippen LogP contribution in [0.3, 0.4) is 0 Å². The van der Waals surface area contributed by atoms with Crippen molar-refractivity contribution in [3.63, 3.8) is 0 Å². The quantitative estimate of drug-likeness (QED) is 0.912. The number of piperidine rings is 1. The van der Waals surface area contributed by atoms with Crippen LogP contribution in [0.1, 0.15) is 50.2 Å². The van der Waals surface area contributed by atoms with Gasteiger partial charge in [0.05, 0.1) is 11.5 Å². The molecule has 0 radical (unpaired) electrons. The Morgan fingerprint density at radius 3 is 2.36 bits per heavy atom. The van der Waals surface area contributed by atoms with Crippen molar-refractivity contribution in [3.8, 4) is 0 Å². The van der Waals surface area contributed by atoms with Crippen LogP contribution in [-0.4, -0.2) is 52.5 Å². The maximum atomic E-state index is 12.1. The number of carboxylic acid groups (broad SMARTS) is 1. The molecular formula is C20H28N2O3. The fraction of sp³-hybridized carbons (Fsp3) is 0.600. The van der Waals surface area contributed by atoms with E-state index in [2.05, 4.69) is 43.0 Å². The fourth-order valence-electron chi connectivity index (χ4n) is 4.35. The molecule has 5 nitrogen and oxygen atoms in total. The summed E-state index contributed by atoms with van der Waals surface area (Å²) in [5, 5.41) is 9.55. The first-order valence-electron chi connectivity index (χ1n) is 9.14. The normalized spacial score (nSPS) is 23.6. The molecule has 2 fully saturated rings. The van der Waals surface area contributed by atoms with Gasteiger partial charge in [0.1, 0.15) is 0 Å². The number of rotatable bonds is 4. The Morgan fingerprint density at radius 2 is 1.84 bits per heavy atom. The smallest absolute Gasteiger partial charge is 0.309 e. The van der Waals surface area contributed by atoms with E-state index >= 15 is 0 Å². The summed E-state index contributed by atoms with van der Waals surface area (Å²) in [6.07, 6.45) is 1.61. The van der Waals surface area contributed by atoms with Gasteiger partial charge in [-0.15, -0.1) is 0 Å². The summed E-state index contributed by atoms with van der Waals surface area (Å²) >= 11 is 0. The van der Waals surface area contributed by atoms with Gasteiger partial charge in [-0.2, -0.15) is 0 Å². The predicted molar refractivity (Wildman–Crippen MR) is 96.3 cm³/mol. The third-order valence-electron chi connectivity index (χ3n) is 6.14. The van der Waals surface area contributed by atoms with Gasteiger partial charge in [-0.05, 0) is 29.9 Å². The average molecular weight is 344 g/mol. The number of nitrogens with zero attached hydrogens (tertiary/aromatic N) is 2. The van der Waals surface area contributed by atoms with E-state index in [9.17, 15) is 14.7 Å². The number of amides is 1. The molecule has 2 aliphatic rings. The van der Waals surface area contributed by atoms with Gasteiger partial charge in [-0.1, -0.05) is 38.1 Å². The highest BCUT2D eigenvalue weighted by Crippen LogP contribution is 2.43. The molecule has 2 aliphatic heterocycles. The zero-order chi connectivity index (χ0) is 18.2. The third kappa shape index (κ3) is 3.30. The van der Waals surface area contributed by atoms with Crippen LogP contribution >= 0.6 is 0 Å². The SMILES string of the molecule is CC(C)c1ccc(CN2CCC3(CC2)[C@H](C(=O)O)CC(=O)N3C)cc1. The van der Waals surface area contributed by atoms with E-state index in [1.165, 1.54) is 11.1 Å². The lowest BCUT2D eigenvalue weighted by Crippen LogP contribution is -2.55. The topological polar surface area (TPSA) is 60.9 Å². The minimum atomic E-state index is -0.838. The molecule has 1 amide bonds. The molecule has 2 heterocycles. The maximum Gasteiger partial charge on any atom is 0.309 e. The van der Waals surface area contributed by atoms with Crippen LogP contribution < -0.4 is 0 Å². The predicted octanol–water partition coefficient (Wildman–Crippen LogP) is 2.71. The summed E-state index contributed by atoms with van der Waals surface area (Å²) < 4.78 is 0. The van der Waals surface area contributed by atoms with Crippen LogP contribution in [-0.2, 0) is 16.1 Å². The Kier molecular flexibility index (Phi) is 4.87. The summed E-state index contributed by atoms with van der Waals surface area (Å²) in [7, 11) is 1.77. The summed E-state index contributed by atoms with van der Waals surface area (Å²) in [5.41, 5.74) is 2.13. The van der Waals surface area contributed by atoms with Crippen molar-refractivity contribution in [3.05, 3.63) is 35.4 Å². The molecule has 0 saturated carbocycles. The van der Waals surface area contributed by atoms with Gasteiger partial charge in [-0.3, -0.25) is 14.5 Å². The molecular weight excluding hydrogens is 316 g/mol. The minimum absolute atomic E-state index is 0.0369. The molecule has 2 saturated heterocycles. The highest BCUT2D eigenvalue weighted by atomic mass is 16.4. The van der Waals surface area contributed by atoms with Gasteiger partial charge in [-0.25, -0.2) is 0 Å². The van der Waals surface area contributed by atoms with Crippen molar-refractivity contribution in [2.45, 2.75) is 51.1 Å². The first-order chi connectivity index (χ1) is 11.8. The number of carbonyl (C=O) groups excluding carboxylic acids is 1. The molecule has 0 bridgehead atoms. The lowest BCUT2D eigenvalue weighted by Gasteiger charge is -2.45.